The zero-order valence-electron chi connectivity index (χ0n) is 24.9. The lowest BCUT2D eigenvalue weighted by Crippen LogP contribution is -2.39. The molecular weight excluding hydrogens is 552 g/mol. The van der Waals surface area contributed by atoms with Gasteiger partial charge in [-0.25, -0.2) is 13.8 Å². The number of anilines is 1. The summed E-state index contributed by atoms with van der Waals surface area (Å²) in [6, 6.07) is 19.5. The maximum absolute atomic E-state index is 13.8. The summed E-state index contributed by atoms with van der Waals surface area (Å²) in [5.74, 6) is 0.0521. The quantitative estimate of drug-likeness (QED) is 0.198. The molecule has 9 nitrogen and oxygen atoms in total. The number of benzene rings is 3. The van der Waals surface area contributed by atoms with Crippen LogP contribution in [0.2, 0.25) is 0 Å². The molecule has 1 amide bonds. The van der Waals surface area contributed by atoms with Crippen LogP contribution in [-0.4, -0.2) is 45.9 Å². The maximum Gasteiger partial charge on any atom is 0.264 e. The van der Waals surface area contributed by atoms with Gasteiger partial charge in [0.25, 0.3) is 15.9 Å². The van der Waals surface area contributed by atoms with Crippen LogP contribution < -0.4 is 19.2 Å². The Morgan fingerprint density at radius 2 is 1.55 bits per heavy atom. The Hall–Kier alpha value is -4.57. The van der Waals surface area contributed by atoms with Gasteiger partial charge in [-0.2, -0.15) is 5.10 Å². The van der Waals surface area contributed by atoms with Crippen LogP contribution in [0.1, 0.15) is 33.6 Å². The van der Waals surface area contributed by atoms with E-state index in [0.717, 1.165) is 38.1 Å². The molecule has 3 aromatic carbocycles. The van der Waals surface area contributed by atoms with Crippen molar-refractivity contribution in [3.8, 4) is 17.2 Å². The minimum absolute atomic E-state index is 0.0455. The van der Waals surface area contributed by atoms with Gasteiger partial charge >= 0.3 is 0 Å². The molecule has 0 atom stereocenters. The van der Waals surface area contributed by atoms with Crippen LogP contribution in [0.4, 0.5) is 5.69 Å². The molecule has 1 heterocycles. The summed E-state index contributed by atoms with van der Waals surface area (Å²) >= 11 is 0. The molecule has 10 heteroatoms. The van der Waals surface area contributed by atoms with Crippen molar-refractivity contribution in [3.05, 3.63) is 100 Å². The van der Waals surface area contributed by atoms with E-state index in [1.807, 2.05) is 26.8 Å². The minimum atomic E-state index is -4.16. The fourth-order valence-corrected chi connectivity index (χ4v) is 6.25. The number of nitrogens with one attached hydrogen (secondary N) is 1. The van der Waals surface area contributed by atoms with Crippen LogP contribution in [0.5, 0.6) is 11.5 Å². The third-order valence-corrected chi connectivity index (χ3v) is 8.78. The van der Waals surface area contributed by atoms with Gasteiger partial charge in [-0.15, -0.1) is 0 Å². The van der Waals surface area contributed by atoms with Gasteiger partial charge < -0.3 is 14.0 Å². The Balaban J connectivity index is 1.59. The highest BCUT2D eigenvalue weighted by molar-refractivity contribution is 7.92. The highest BCUT2D eigenvalue weighted by atomic mass is 32.2. The van der Waals surface area contributed by atoms with E-state index in [-0.39, 0.29) is 10.6 Å². The van der Waals surface area contributed by atoms with Crippen LogP contribution in [0.25, 0.3) is 5.69 Å². The lowest BCUT2D eigenvalue weighted by molar-refractivity contribution is -0.119. The SMILES string of the molecule is COc1ccc(S(=O)(=O)N(CC(=O)N/N=C\c2cc(C)n(-c3ccc(C)cc3C)c2C)c2ccc(C)cc2)cc1OC. The lowest BCUT2D eigenvalue weighted by Gasteiger charge is -2.24. The van der Waals surface area contributed by atoms with Crippen molar-refractivity contribution >= 4 is 27.8 Å². The number of hydrogen-bond donors (Lipinski definition) is 1. The molecule has 0 saturated heterocycles. The Morgan fingerprint density at radius 1 is 0.881 bits per heavy atom. The van der Waals surface area contributed by atoms with Crippen LogP contribution in [-0.2, 0) is 14.8 Å². The predicted octanol–water partition coefficient (Wildman–Crippen LogP) is 5.38. The Kier molecular flexibility index (Phi) is 9.06. The van der Waals surface area contributed by atoms with Gasteiger partial charge in [-0.05, 0) is 76.6 Å². The van der Waals surface area contributed by atoms with Gasteiger partial charge in [0, 0.05) is 28.7 Å². The summed E-state index contributed by atoms with van der Waals surface area (Å²) in [6.45, 7) is 9.55. The van der Waals surface area contributed by atoms with E-state index < -0.39 is 22.5 Å². The second-order valence-electron chi connectivity index (χ2n) is 10.1. The van der Waals surface area contributed by atoms with Crippen molar-refractivity contribution in [2.75, 3.05) is 25.1 Å². The minimum Gasteiger partial charge on any atom is -0.493 e. The number of methoxy groups -OCH3 is 2. The fraction of sp³-hybridized carbons (Fsp3) is 0.250. The van der Waals surface area contributed by atoms with Crippen LogP contribution in [0, 0.1) is 34.6 Å². The first-order valence-electron chi connectivity index (χ1n) is 13.4. The van der Waals surface area contributed by atoms with Crippen LogP contribution in [0.15, 0.2) is 76.7 Å². The van der Waals surface area contributed by atoms with Crippen molar-refractivity contribution in [2.45, 2.75) is 39.5 Å². The second kappa shape index (κ2) is 12.5. The molecule has 220 valence electrons. The molecule has 4 rings (SSSR count). The van der Waals surface area contributed by atoms with E-state index in [0.29, 0.717) is 11.4 Å². The number of aryl methyl sites for hydroxylation is 4. The number of hydrazone groups is 1. The van der Waals surface area contributed by atoms with E-state index in [2.05, 4.69) is 47.1 Å². The molecule has 0 aliphatic rings. The average Bonchev–Trinajstić information content (AvgIpc) is 3.24. The first-order valence-corrected chi connectivity index (χ1v) is 14.8. The normalized spacial score (nSPS) is 11.5. The van der Waals surface area contributed by atoms with E-state index >= 15 is 0 Å². The van der Waals surface area contributed by atoms with Gasteiger partial charge in [0.15, 0.2) is 11.5 Å². The molecule has 1 aromatic heterocycles. The summed E-state index contributed by atoms with van der Waals surface area (Å²) in [4.78, 5) is 13.0. The number of aromatic nitrogens is 1. The van der Waals surface area contributed by atoms with Crippen LogP contribution >= 0.6 is 0 Å². The molecule has 0 spiro atoms. The number of amides is 1. The molecule has 0 bridgehead atoms. The lowest BCUT2D eigenvalue weighted by atomic mass is 10.1. The summed E-state index contributed by atoms with van der Waals surface area (Å²) in [7, 11) is -1.27. The molecule has 0 aliphatic carbocycles. The number of carbonyl (C=O) groups excluding carboxylic acids is 1. The smallest absolute Gasteiger partial charge is 0.264 e. The fourth-order valence-electron chi connectivity index (χ4n) is 4.82. The predicted molar refractivity (Wildman–Crippen MR) is 166 cm³/mol. The molecule has 0 unspecified atom stereocenters. The highest BCUT2D eigenvalue weighted by Crippen LogP contribution is 2.32. The Morgan fingerprint density at radius 3 is 2.19 bits per heavy atom. The van der Waals surface area contributed by atoms with E-state index in [4.69, 9.17) is 9.47 Å². The number of rotatable bonds is 10. The van der Waals surface area contributed by atoms with Crippen molar-refractivity contribution in [3.63, 3.8) is 0 Å². The maximum atomic E-state index is 13.8. The van der Waals surface area contributed by atoms with Gasteiger partial charge in [-0.3, -0.25) is 9.10 Å². The summed E-state index contributed by atoms with van der Waals surface area (Å²) in [6.07, 6.45) is 1.57. The van der Waals surface area contributed by atoms with Crippen LogP contribution in [0.3, 0.4) is 0 Å². The number of ether oxygens (including phenoxy) is 2. The molecule has 4 aromatic rings. The van der Waals surface area contributed by atoms with Gasteiger partial charge in [0.05, 0.1) is 31.0 Å². The highest BCUT2D eigenvalue weighted by Gasteiger charge is 2.28. The topological polar surface area (TPSA) is 102 Å². The number of nitrogens with zero attached hydrogens (tertiary/aromatic N) is 3. The molecule has 0 saturated carbocycles. The van der Waals surface area contributed by atoms with E-state index in [9.17, 15) is 13.2 Å². The Labute approximate surface area is 247 Å². The van der Waals surface area contributed by atoms with Crippen molar-refractivity contribution < 1.29 is 22.7 Å². The first kappa shape index (κ1) is 30.4. The van der Waals surface area contributed by atoms with Gasteiger partial charge in [0.2, 0.25) is 0 Å². The average molecular weight is 589 g/mol. The monoisotopic (exact) mass is 588 g/mol. The molecule has 0 radical (unpaired) electrons. The third-order valence-electron chi connectivity index (χ3n) is 7.01. The largest absolute Gasteiger partial charge is 0.493 e. The number of carbonyl (C=O) groups is 1. The molecule has 0 fully saturated rings. The van der Waals surface area contributed by atoms with Gasteiger partial charge in [0.1, 0.15) is 6.54 Å². The molecule has 0 aliphatic heterocycles. The Bertz CT molecular complexity index is 1740. The molecule has 42 heavy (non-hydrogen) atoms. The van der Waals surface area contributed by atoms with Crippen molar-refractivity contribution in [1.82, 2.24) is 9.99 Å². The number of sulfonamides is 1. The summed E-state index contributed by atoms with van der Waals surface area (Å²) < 4.78 is 41.3. The number of hydrogen-bond acceptors (Lipinski definition) is 6. The van der Waals surface area contributed by atoms with E-state index in [1.165, 1.54) is 38.0 Å². The summed E-state index contributed by atoms with van der Waals surface area (Å²) in [5.41, 5.74) is 10.0. The van der Waals surface area contributed by atoms with Gasteiger partial charge in [-0.1, -0.05) is 35.4 Å². The molecular formula is C32H36N4O5S. The first-order chi connectivity index (χ1) is 20.0. The van der Waals surface area contributed by atoms with Crippen molar-refractivity contribution in [1.29, 1.82) is 0 Å². The summed E-state index contributed by atoms with van der Waals surface area (Å²) in [5, 5.41) is 4.16. The zero-order chi connectivity index (χ0) is 30.6. The van der Waals surface area contributed by atoms with E-state index in [1.54, 1.807) is 30.5 Å². The van der Waals surface area contributed by atoms with Crippen molar-refractivity contribution in [2.24, 2.45) is 5.10 Å². The molecule has 1 N–H and O–H groups in total. The third kappa shape index (κ3) is 6.33. The zero-order valence-corrected chi connectivity index (χ0v) is 25.7. The second-order valence-corrected chi connectivity index (χ2v) is 12.0. The standard InChI is InChI=1S/C32H36N4O5S/c1-21-8-11-27(12-9-21)35(42(38,39)28-13-15-30(40-6)31(18-28)41-7)20-32(37)34-33-19-26-17-24(4)36(25(26)5)29-14-10-22(2)16-23(29)3/h8-19H,20H2,1-7H3,(H,34,37)/b33-19-.